The second-order valence-electron chi connectivity index (χ2n) is 7.90. The number of amides is 1. The Morgan fingerprint density at radius 1 is 1.26 bits per heavy atom. The van der Waals surface area contributed by atoms with Crippen molar-refractivity contribution < 1.29 is 9.21 Å². The summed E-state index contributed by atoms with van der Waals surface area (Å²) in [7, 11) is 3.81. The molecule has 1 aliphatic rings. The van der Waals surface area contributed by atoms with Crippen LogP contribution in [0.1, 0.15) is 53.6 Å². The molecule has 3 aromatic rings. The highest BCUT2D eigenvalue weighted by Crippen LogP contribution is 2.38. The Morgan fingerprint density at radius 2 is 2.00 bits per heavy atom. The Kier molecular flexibility index (Phi) is 5.96. The molecule has 31 heavy (non-hydrogen) atoms. The van der Waals surface area contributed by atoms with Gasteiger partial charge in [0.25, 0.3) is 5.91 Å². The molecule has 3 heterocycles. The van der Waals surface area contributed by atoms with Crippen molar-refractivity contribution in [2.45, 2.75) is 39.2 Å². The minimum Gasteiger partial charge on any atom is -0.435 e. The number of anilines is 1. The van der Waals surface area contributed by atoms with Gasteiger partial charge in [0.1, 0.15) is 0 Å². The first-order valence-electron chi connectivity index (χ1n) is 10.5. The molecule has 1 aromatic carbocycles. The van der Waals surface area contributed by atoms with Crippen molar-refractivity contribution in [3.63, 3.8) is 0 Å². The number of halogens is 1. The fraction of sp³-hybridized carbons (Fsp3) is 0.391. The molecular formula is C23H26ClN5O2. The SMILES string of the molecule is CCc1nc(C)c(C(=O)N2CCCC2c2nc(N(C)C)ncc2-c2ccc(Cl)cc2)o1. The average molecular weight is 440 g/mol. The van der Waals surface area contributed by atoms with Crippen molar-refractivity contribution in [2.75, 3.05) is 25.5 Å². The number of aryl methyl sites for hydroxylation is 2. The van der Waals surface area contributed by atoms with Gasteiger partial charge in [0.15, 0.2) is 5.89 Å². The number of hydrogen-bond donors (Lipinski definition) is 0. The van der Waals surface area contributed by atoms with Crippen molar-refractivity contribution in [3.8, 4) is 11.1 Å². The maximum Gasteiger partial charge on any atom is 0.292 e. The summed E-state index contributed by atoms with van der Waals surface area (Å²) in [6.45, 7) is 4.42. The fourth-order valence-electron chi connectivity index (χ4n) is 3.93. The van der Waals surface area contributed by atoms with Gasteiger partial charge in [-0.3, -0.25) is 4.79 Å². The van der Waals surface area contributed by atoms with Crippen LogP contribution in [0.4, 0.5) is 5.95 Å². The third kappa shape index (κ3) is 4.14. The lowest BCUT2D eigenvalue weighted by Gasteiger charge is -2.26. The molecular weight excluding hydrogens is 414 g/mol. The summed E-state index contributed by atoms with van der Waals surface area (Å²) < 4.78 is 5.75. The molecule has 0 N–H and O–H groups in total. The van der Waals surface area contributed by atoms with Gasteiger partial charge in [-0.05, 0) is 37.5 Å². The number of rotatable bonds is 5. The lowest BCUT2D eigenvalue weighted by Crippen LogP contribution is -2.32. The molecule has 1 atom stereocenters. The van der Waals surface area contributed by atoms with E-state index in [1.165, 1.54) is 0 Å². The highest BCUT2D eigenvalue weighted by atomic mass is 35.5. The lowest BCUT2D eigenvalue weighted by atomic mass is 9.99. The van der Waals surface area contributed by atoms with Crippen LogP contribution in [0.3, 0.4) is 0 Å². The molecule has 1 aliphatic heterocycles. The summed E-state index contributed by atoms with van der Waals surface area (Å²) in [4.78, 5) is 30.9. The van der Waals surface area contributed by atoms with Gasteiger partial charge in [0, 0.05) is 43.8 Å². The van der Waals surface area contributed by atoms with Crippen LogP contribution in [0, 0.1) is 6.92 Å². The first-order chi connectivity index (χ1) is 14.9. The van der Waals surface area contributed by atoms with Crippen LogP contribution in [0.15, 0.2) is 34.9 Å². The van der Waals surface area contributed by atoms with Crippen molar-refractivity contribution in [3.05, 3.63) is 58.5 Å². The number of nitrogens with zero attached hydrogens (tertiary/aromatic N) is 5. The van der Waals surface area contributed by atoms with Crippen LogP contribution < -0.4 is 4.90 Å². The molecule has 8 heteroatoms. The summed E-state index contributed by atoms with van der Waals surface area (Å²) >= 11 is 6.09. The van der Waals surface area contributed by atoms with Gasteiger partial charge in [-0.1, -0.05) is 30.7 Å². The Labute approximate surface area is 187 Å². The number of hydrogen-bond acceptors (Lipinski definition) is 6. The van der Waals surface area contributed by atoms with Gasteiger partial charge in [0.2, 0.25) is 11.7 Å². The van der Waals surface area contributed by atoms with E-state index >= 15 is 0 Å². The maximum atomic E-state index is 13.4. The minimum absolute atomic E-state index is 0.140. The molecule has 0 spiro atoms. The summed E-state index contributed by atoms with van der Waals surface area (Å²) in [5, 5.41) is 0.668. The van der Waals surface area contributed by atoms with Gasteiger partial charge >= 0.3 is 0 Å². The predicted molar refractivity (Wildman–Crippen MR) is 120 cm³/mol. The van der Waals surface area contributed by atoms with Crippen LogP contribution >= 0.6 is 11.6 Å². The van der Waals surface area contributed by atoms with Crippen molar-refractivity contribution >= 4 is 23.5 Å². The van der Waals surface area contributed by atoms with Crippen molar-refractivity contribution in [1.82, 2.24) is 19.9 Å². The number of aromatic nitrogens is 3. The summed E-state index contributed by atoms with van der Waals surface area (Å²) in [6.07, 6.45) is 4.20. The molecule has 7 nitrogen and oxygen atoms in total. The Hall–Kier alpha value is -2.93. The highest BCUT2D eigenvalue weighted by Gasteiger charge is 2.36. The smallest absolute Gasteiger partial charge is 0.292 e. The number of carbonyl (C=O) groups excluding carboxylic acids is 1. The van der Waals surface area contributed by atoms with Crippen LogP contribution in [0.5, 0.6) is 0 Å². The first-order valence-corrected chi connectivity index (χ1v) is 10.8. The van der Waals surface area contributed by atoms with E-state index in [-0.39, 0.29) is 11.9 Å². The van der Waals surface area contributed by atoms with E-state index in [0.29, 0.717) is 41.3 Å². The van der Waals surface area contributed by atoms with E-state index in [1.54, 1.807) is 0 Å². The quantitative estimate of drug-likeness (QED) is 0.573. The molecule has 0 radical (unpaired) electrons. The van der Waals surface area contributed by atoms with Crippen LogP contribution in [-0.4, -0.2) is 46.4 Å². The number of carbonyl (C=O) groups is 1. The molecule has 1 fully saturated rings. The van der Waals surface area contributed by atoms with Crippen molar-refractivity contribution in [2.24, 2.45) is 0 Å². The summed E-state index contributed by atoms with van der Waals surface area (Å²) in [5.74, 6) is 1.37. The van der Waals surface area contributed by atoms with E-state index in [9.17, 15) is 4.79 Å². The third-order valence-corrected chi connectivity index (χ3v) is 5.78. The number of benzene rings is 1. The molecule has 1 saturated heterocycles. The topological polar surface area (TPSA) is 75.4 Å². The van der Waals surface area contributed by atoms with E-state index in [0.717, 1.165) is 29.7 Å². The van der Waals surface area contributed by atoms with E-state index in [2.05, 4.69) is 9.97 Å². The Morgan fingerprint density at radius 3 is 2.65 bits per heavy atom. The average Bonchev–Trinajstić information content (AvgIpc) is 3.40. The zero-order valence-corrected chi connectivity index (χ0v) is 19.0. The lowest BCUT2D eigenvalue weighted by molar-refractivity contribution is 0.0698. The van der Waals surface area contributed by atoms with Gasteiger partial charge < -0.3 is 14.2 Å². The van der Waals surface area contributed by atoms with E-state index in [4.69, 9.17) is 21.0 Å². The van der Waals surface area contributed by atoms with Crippen LogP contribution in [0.25, 0.3) is 11.1 Å². The molecule has 4 rings (SSSR count). The first kappa shape index (κ1) is 21.3. The summed E-state index contributed by atoms with van der Waals surface area (Å²) in [5.41, 5.74) is 3.32. The van der Waals surface area contributed by atoms with Gasteiger partial charge in [0.05, 0.1) is 17.4 Å². The molecule has 1 unspecified atom stereocenters. The standard InChI is InChI=1S/C23H26ClN5O2/c1-5-19-26-14(2)21(31-19)22(30)29-12-6-7-18(29)20-17(13-25-23(27-20)28(3)4)15-8-10-16(24)11-9-15/h8-11,13,18H,5-7,12H2,1-4H3. The third-order valence-electron chi connectivity index (χ3n) is 5.53. The second-order valence-corrected chi connectivity index (χ2v) is 8.34. The second kappa shape index (κ2) is 8.67. The van der Waals surface area contributed by atoms with Gasteiger partial charge in [-0.15, -0.1) is 0 Å². The van der Waals surface area contributed by atoms with Gasteiger partial charge in [-0.2, -0.15) is 0 Å². The number of likely N-dealkylation sites (tertiary alicyclic amines) is 1. The predicted octanol–water partition coefficient (Wildman–Crippen LogP) is 4.70. The molecule has 0 saturated carbocycles. The molecule has 0 aliphatic carbocycles. The molecule has 162 valence electrons. The Bertz CT molecular complexity index is 1090. The molecule has 1 amide bonds. The van der Waals surface area contributed by atoms with Crippen LogP contribution in [-0.2, 0) is 6.42 Å². The van der Waals surface area contributed by atoms with Crippen molar-refractivity contribution in [1.29, 1.82) is 0 Å². The minimum atomic E-state index is -0.172. The number of oxazole rings is 1. The largest absolute Gasteiger partial charge is 0.435 e. The molecule has 0 bridgehead atoms. The van der Waals surface area contributed by atoms with Crippen LogP contribution in [0.2, 0.25) is 5.02 Å². The highest BCUT2D eigenvalue weighted by molar-refractivity contribution is 6.30. The maximum absolute atomic E-state index is 13.4. The van der Waals surface area contributed by atoms with E-state index < -0.39 is 0 Å². The zero-order chi connectivity index (χ0) is 22.1. The Balaban J connectivity index is 1.77. The van der Waals surface area contributed by atoms with Gasteiger partial charge in [-0.25, -0.2) is 15.0 Å². The normalized spacial score (nSPS) is 16.0. The zero-order valence-electron chi connectivity index (χ0n) is 18.2. The summed E-state index contributed by atoms with van der Waals surface area (Å²) in [6, 6.07) is 7.43. The van der Waals surface area contributed by atoms with E-state index in [1.807, 2.05) is 68.2 Å². The fourth-order valence-corrected chi connectivity index (χ4v) is 4.06. The molecule has 2 aromatic heterocycles. The monoisotopic (exact) mass is 439 g/mol.